The Morgan fingerprint density at radius 2 is 2.21 bits per heavy atom. The Balaban J connectivity index is 2.15. The molecule has 0 radical (unpaired) electrons. The Bertz CT molecular complexity index is 255. The van der Waals surface area contributed by atoms with Gasteiger partial charge in [-0.05, 0) is 39.9 Å². The molecule has 0 bridgehead atoms. The van der Waals surface area contributed by atoms with Crippen molar-refractivity contribution in [3.63, 3.8) is 0 Å². The van der Waals surface area contributed by atoms with E-state index in [-0.39, 0.29) is 0 Å². The van der Waals surface area contributed by atoms with E-state index in [1.807, 2.05) is 13.3 Å². The van der Waals surface area contributed by atoms with Crippen LogP contribution in [-0.4, -0.2) is 34.6 Å². The molecule has 80 valence electrons. The van der Waals surface area contributed by atoms with Crippen LogP contribution in [0.5, 0.6) is 0 Å². The van der Waals surface area contributed by atoms with Crippen LogP contribution in [0.4, 0.5) is 0 Å². The van der Waals surface area contributed by atoms with Gasteiger partial charge in [-0.3, -0.25) is 0 Å². The molecule has 0 fully saturated rings. The molecule has 1 heterocycles. The molecule has 1 rings (SSSR count). The first-order valence-electron chi connectivity index (χ1n) is 5.39. The molecule has 1 aromatic rings. The smallest absolute Gasteiger partial charge is 0.0949 e. The minimum absolute atomic E-state index is 1.08. The summed E-state index contributed by atoms with van der Waals surface area (Å²) in [6.45, 7) is 7.69. The van der Waals surface area contributed by atoms with Gasteiger partial charge in [0.2, 0.25) is 0 Å². The molecule has 1 aromatic heterocycles. The summed E-state index contributed by atoms with van der Waals surface area (Å²) in [5.41, 5.74) is 1.10. The van der Waals surface area contributed by atoms with Gasteiger partial charge in [-0.15, -0.1) is 0 Å². The van der Waals surface area contributed by atoms with Crippen LogP contribution in [0, 0.1) is 6.92 Å². The predicted octanol–water partition coefficient (Wildman–Crippen LogP) is 1.92. The van der Waals surface area contributed by atoms with Crippen molar-refractivity contribution in [3.05, 3.63) is 18.2 Å². The zero-order valence-electron chi connectivity index (χ0n) is 9.53. The monoisotopic (exact) mass is 195 g/mol. The third-order valence-corrected chi connectivity index (χ3v) is 2.32. The Hall–Kier alpha value is -0.830. The highest BCUT2D eigenvalue weighted by Crippen LogP contribution is 1.97. The van der Waals surface area contributed by atoms with Crippen LogP contribution in [0.3, 0.4) is 0 Å². The Kier molecular flexibility index (Phi) is 4.66. The lowest BCUT2D eigenvalue weighted by Crippen LogP contribution is -2.21. The van der Waals surface area contributed by atoms with Crippen molar-refractivity contribution < 1.29 is 0 Å². The van der Waals surface area contributed by atoms with Crippen molar-refractivity contribution in [3.8, 4) is 0 Å². The van der Waals surface area contributed by atoms with Crippen LogP contribution >= 0.6 is 0 Å². The van der Waals surface area contributed by atoms with Gasteiger partial charge in [0.25, 0.3) is 0 Å². The number of hydrogen-bond donors (Lipinski definition) is 0. The van der Waals surface area contributed by atoms with Gasteiger partial charge in [0, 0.05) is 12.7 Å². The molecule has 14 heavy (non-hydrogen) atoms. The number of imidazole rings is 1. The van der Waals surface area contributed by atoms with E-state index in [0.717, 1.165) is 12.2 Å². The van der Waals surface area contributed by atoms with E-state index >= 15 is 0 Å². The number of hydrogen-bond acceptors (Lipinski definition) is 2. The predicted molar refractivity (Wildman–Crippen MR) is 59.4 cm³/mol. The number of aromatic nitrogens is 2. The van der Waals surface area contributed by atoms with E-state index in [0.29, 0.717) is 0 Å². The lowest BCUT2D eigenvalue weighted by molar-refractivity contribution is 0.322. The lowest BCUT2D eigenvalue weighted by Gasteiger charge is -2.14. The van der Waals surface area contributed by atoms with Gasteiger partial charge >= 0.3 is 0 Å². The normalized spacial score (nSPS) is 11.1. The summed E-state index contributed by atoms with van der Waals surface area (Å²) in [6.07, 6.45) is 6.45. The highest BCUT2D eigenvalue weighted by atomic mass is 15.1. The average molecular weight is 195 g/mol. The van der Waals surface area contributed by atoms with Gasteiger partial charge in [0.1, 0.15) is 0 Å². The number of nitrogens with zero attached hydrogens (tertiary/aromatic N) is 3. The van der Waals surface area contributed by atoms with E-state index < -0.39 is 0 Å². The second kappa shape index (κ2) is 5.81. The van der Waals surface area contributed by atoms with Gasteiger partial charge in [-0.2, -0.15) is 0 Å². The third-order valence-electron chi connectivity index (χ3n) is 2.32. The molecule has 0 saturated carbocycles. The van der Waals surface area contributed by atoms with E-state index in [9.17, 15) is 0 Å². The molecule has 0 spiro atoms. The first kappa shape index (κ1) is 11.2. The van der Waals surface area contributed by atoms with E-state index in [1.54, 1.807) is 0 Å². The molecule has 0 N–H and O–H groups in total. The van der Waals surface area contributed by atoms with Crippen molar-refractivity contribution in [2.75, 3.05) is 20.1 Å². The molecule has 0 aliphatic carbocycles. The maximum Gasteiger partial charge on any atom is 0.0949 e. The number of aryl methyl sites for hydroxylation is 2. The average Bonchev–Trinajstić information content (AvgIpc) is 2.52. The second-order valence-electron chi connectivity index (χ2n) is 3.91. The molecule has 3 heteroatoms. The summed E-state index contributed by atoms with van der Waals surface area (Å²) in [6, 6.07) is 0. The van der Waals surface area contributed by atoms with Gasteiger partial charge in [0.05, 0.1) is 12.0 Å². The molecule has 0 aliphatic rings. The highest BCUT2D eigenvalue weighted by molar-refractivity contribution is 4.91. The first-order valence-corrected chi connectivity index (χ1v) is 5.39. The second-order valence-corrected chi connectivity index (χ2v) is 3.91. The van der Waals surface area contributed by atoms with Gasteiger partial charge in [0.15, 0.2) is 0 Å². The molecule has 0 aliphatic heterocycles. The standard InChI is InChI=1S/C11H21N3/c1-4-6-13(3)7-5-8-14-9-11(2)12-10-14/h9-10H,4-8H2,1-3H3. The molecular weight excluding hydrogens is 174 g/mol. The zero-order valence-corrected chi connectivity index (χ0v) is 9.53. The van der Waals surface area contributed by atoms with Crippen molar-refractivity contribution in [2.45, 2.75) is 33.2 Å². The molecule has 0 aromatic carbocycles. The van der Waals surface area contributed by atoms with Gasteiger partial charge in [-0.1, -0.05) is 6.92 Å². The summed E-state index contributed by atoms with van der Waals surface area (Å²) in [5, 5.41) is 0. The van der Waals surface area contributed by atoms with Gasteiger partial charge in [-0.25, -0.2) is 4.98 Å². The maximum atomic E-state index is 4.20. The molecular formula is C11H21N3. The molecule has 0 saturated heterocycles. The Labute approximate surface area is 86.7 Å². The van der Waals surface area contributed by atoms with Crippen LogP contribution in [-0.2, 0) is 6.54 Å². The van der Waals surface area contributed by atoms with Crippen LogP contribution < -0.4 is 0 Å². The van der Waals surface area contributed by atoms with E-state index in [2.05, 4.69) is 34.6 Å². The Morgan fingerprint density at radius 1 is 1.43 bits per heavy atom. The van der Waals surface area contributed by atoms with E-state index in [1.165, 1.54) is 25.9 Å². The SMILES string of the molecule is CCCN(C)CCCn1cnc(C)c1. The zero-order chi connectivity index (χ0) is 10.4. The van der Waals surface area contributed by atoms with Crippen molar-refractivity contribution in [1.29, 1.82) is 0 Å². The lowest BCUT2D eigenvalue weighted by atomic mass is 10.3. The fraction of sp³-hybridized carbons (Fsp3) is 0.727. The summed E-state index contributed by atoms with van der Waals surface area (Å²) < 4.78 is 2.16. The van der Waals surface area contributed by atoms with Crippen molar-refractivity contribution >= 4 is 0 Å². The fourth-order valence-corrected chi connectivity index (χ4v) is 1.61. The third kappa shape index (κ3) is 3.92. The topological polar surface area (TPSA) is 21.1 Å². The number of rotatable bonds is 6. The van der Waals surface area contributed by atoms with Crippen molar-refractivity contribution in [2.24, 2.45) is 0 Å². The van der Waals surface area contributed by atoms with Crippen LogP contribution in [0.1, 0.15) is 25.5 Å². The molecule has 0 atom stereocenters. The van der Waals surface area contributed by atoms with Crippen LogP contribution in [0.2, 0.25) is 0 Å². The van der Waals surface area contributed by atoms with E-state index in [4.69, 9.17) is 0 Å². The first-order chi connectivity index (χ1) is 6.72. The van der Waals surface area contributed by atoms with Crippen LogP contribution in [0.15, 0.2) is 12.5 Å². The summed E-state index contributed by atoms with van der Waals surface area (Å²) in [5.74, 6) is 0. The molecule has 0 amide bonds. The summed E-state index contributed by atoms with van der Waals surface area (Å²) in [7, 11) is 2.18. The van der Waals surface area contributed by atoms with Gasteiger partial charge < -0.3 is 9.47 Å². The van der Waals surface area contributed by atoms with Crippen LogP contribution in [0.25, 0.3) is 0 Å². The minimum atomic E-state index is 1.08. The highest BCUT2D eigenvalue weighted by Gasteiger charge is 1.97. The molecule has 0 unspecified atom stereocenters. The summed E-state index contributed by atoms with van der Waals surface area (Å²) >= 11 is 0. The molecule has 3 nitrogen and oxygen atoms in total. The Morgan fingerprint density at radius 3 is 2.79 bits per heavy atom. The van der Waals surface area contributed by atoms with Crippen molar-refractivity contribution in [1.82, 2.24) is 14.5 Å². The summed E-state index contributed by atoms with van der Waals surface area (Å²) in [4.78, 5) is 6.58. The largest absolute Gasteiger partial charge is 0.337 e. The quantitative estimate of drug-likeness (QED) is 0.691. The fourth-order valence-electron chi connectivity index (χ4n) is 1.61. The minimum Gasteiger partial charge on any atom is -0.337 e. The maximum absolute atomic E-state index is 4.20.